The molecule has 0 radical (unpaired) electrons. The molecule has 23 heavy (non-hydrogen) atoms. The molecule has 0 fully saturated rings. The molecule has 0 aromatic carbocycles. The molecule has 126 valence electrons. The molecule has 0 unspecified atom stereocenters. The fourth-order valence-electron chi connectivity index (χ4n) is 3.84. The van der Waals surface area contributed by atoms with Crippen molar-refractivity contribution in [2.45, 2.75) is 58.8 Å². The van der Waals surface area contributed by atoms with Crippen molar-refractivity contribution in [2.24, 2.45) is 5.41 Å². The molecule has 0 bridgehead atoms. The predicted molar refractivity (Wildman–Crippen MR) is 97.4 cm³/mol. The molecule has 1 N–H and O–H groups in total. The lowest BCUT2D eigenvalue weighted by Crippen LogP contribution is -2.22. The third-order valence-electron chi connectivity index (χ3n) is 5.08. The van der Waals surface area contributed by atoms with Crippen LogP contribution in [0.2, 0.25) is 0 Å². The average molecular weight is 353 g/mol. The minimum Gasteiger partial charge on any atom is -0.478 e. The van der Waals surface area contributed by atoms with Crippen LogP contribution >= 0.6 is 24.2 Å². The Morgan fingerprint density at radius 1 is 1.30 bits per heavy atom. The van der Waals surface area contributed by atoms with E-state index in [9.17, 15) is 9.90 Å². The minimum atomic E-state index is -0.778. The summed E-state index contributed by atoms with van der Waals surface area (Å²) in [5.41, 5.74) is 4.27. The van der Waals surface area contributed by atoms with Crippen molar-refractivity contribution in [3.05, 3.63) is 26.5 Å². The van der Waals surface area contributed by atoms with Crippen LogP contribution < -0.4 is 0 Å². The molecule has 2 aliphatic carbocycles. The first kappa shape index (κ1) is 17.1. The minimum absolute atomic E-state index is 0.188. The molecule has 1 aromatic heterocycles. The van der Waals surface area contributed by atoms with Gasteiger partial charge in [-0.15, -0.1) is 11.3 Å². The third-order valence-corrected chi connectivity index (χ3v) is 6.56. The molecule has 3 nitrogen and oxygen atoms in total. The van der Waals surface area contributed by atoms with E-state index in [-0.39, 0.29) is 5.41 Å². The number of thiol groups is 1. The van der Waals surface area contributed by atoms with Gasteiger partial charge in [0.15, 0.2) is 0 Å². The number of carbonyl (C=O) groups is 1. The highest BCUT2D eigenvalue weighted by Crippen LogP contribution is 2.46. The van der Waals surface area contributed by atoms with Crippen LogP contribution in [0.3, 0.4) is 0 Å². The molecule has 0 amide bonds. The van der Waals surface area contributed by atoms with E-state index in [4.69, 9.17) is 4.18 Å². The number of carboxylic acid groups (broad SMARTS) is 1. The Bertz CT molecular complexity index is 655. The smallest absolute Gasteiger partial charge is 0.337 e. The maximum atomic E-state index is 12.0. The second kappa shape index (κ2) is 6.61. The average Bonchev–Trinajstić information content (AvgIpc) is 2.85. The van der Waals surface area contributed by atoms with Crippen molar-refractivity contribution in [2.75, 3.05) is 6.61 Å². The van der Waals surface area contributed by atoms with Gasteiger partial charge in [-0.1, -0.05) is 13.8 Å². The molecule has 0 aliphatic heterocycles. The van der Waals surface area contributed by atoms with Crippen molar-refractivity contribution in [1.82, 2.24) is 0 Å². The molecule has 3 rings (SSSR count). The van der Waals surface area contributed by atoms with E-state index in [1.54, 1.807) is 11.3 Å². The number of aryl methyl sites for hydroxylation is 1. The van der Waals surface area contributed by atoms with Crippen LogP contribution in [-0.4, -0.2) is 17.7 Å². The Balaban J connectivity index is 2.13. The summed E-state index contributed by atoms with van der Waals surface area (Å²) in [6.45, 7) is 4.96. The van der Waals surface area contributed by atoms with E-state index < -0.39 is 5.97 Å². The quantitative estimate of drug-likeness (QED) is 0.582. The van der Waals surface area contributed by atoms with Gasteiger partial charge in [0.25, 0.3) is 0 Å². The number of fused-ring (bicyclic) bond motifs is 1. The van der Waals surface area contributed by atoms with Gasteiger partial charge in [0.1, 0.15) is 0 Å². The molecule has 0 saturated carbocycles. The predicted octanol–water partition coefficient (Wildman–Crippen LogP) is 5.15. The maximum Gasteiger partial charge on any atom is 0.337 e. The number of hydrogen-bond acceptors (Lipinski definition) is 4. The number of thiophene rings is 1. The lowest BCUT2D eigenvalue weighted by molar-refractivity contribution is 0.0695. The summed E-state index contributed by atoms with van der Waals surface area (Å²) in [7, 11) is 0. The zero-order chi connectivity index (χ0) is 16.6. The highest BCUT2D eigenvalue weighted by molar-refractivity contribution is 7.75. The van der Waals surface area contributed by atoms with Gasteiger partial charge < -0.3 is 9.29 Å². The zero-order valence-corrected chi connectivity index (χ0v) is 15.5. The van der Waals surface area contributed by atoms with Gasteiger partial charge in [0, 0.05) is 9.75 Å². The molecule has 1 heterocycles. The first-order valence-corrected chi connectivity index (χ1v) is 9.46. The Kier molecular flexibility index (Phi) is 4.90. The van der Waals surface area contributed by atoms with E-state index in [0.29, 0.717) is 12.2 Å². The fraction of sp³-hybridized carbons (Fsp3) is 0.611. The van der Waals surface area contributed by atoms with Crippen LogP contribution in [0.5, 0.6) is 0 Å². The standard InChI is InChI=1S/C18H24O3S2/c1-18(2)8-7-14-13(9-18)15(17(19)20)16(23-14)12-6-4-3-5-11(12)10-21-22/h22H,3-10H2,1-2H3,(H,19,20). The van der Waals surface area contributed by atoms with Crippen molar-refractivity contribution in [1.29, 1.82) is 0 Å². The van der Waals surface area contributed by atoms with Gasteiger partial charge in [-0.3, -0.25) is 0 Å². The molecular formula is C18H24O3S2. The Hall–Kier alpha value is -0.780. The second-order valence-corrected chi connectivity index (χ2v) is 8.78. The third kappa shape index (κ3) is 3.37. The highest BCUT2D eigenvalue weighted by Gasteiger charge is 2.34. The summed E-state index contributed by atoms with van der Waals surface area (Å²) in [4.78, 5) is 14.3. The van der Waals surface area contributed by atoms with Crippen molar-refractivity contribution < 1.29 is 14.1 Å². The number of allylic oxidation sites excluding steroid dienone is 1. The van der Waals surface area contributed by atoms with Crippen LogP contribution in [0.4, 0.5) is 0 Å². The summed E-state index contributed by atoms with van der Waals surface area (Å²) in [5.74, 6) is -0.778. The Labute approximate surface area is 147 Å². The number of carboxylic acids is 1. The van der Waals surface area contributed by atoms with Crippen LogP contribution in [0.15, 0.2) is 5.57 Å². The number of rotatable bonds is 4. The monoisotopic (exact) mass is 352 g/mol. The van der Waals surface area contributed by atoms with Crippen molar-refractivity contribution in [3.63, 3.8) is 0 Å². The van der Waals surface area contributed by atoms with E-state index in [1.165, 1.54) is 16.0 Å². The van der Waals surface area contributed by atoms with E-state index in [2.05, 4.69) is 26.8 Å². The first-order valence-electron chi connectivity index (χ1n) is 8.28. The first-order chi connectivity index (χ1) is 10.9. The molecule has 0 atom stereocenters. The fourth-order valence-corrected chi connectivity index (χ4v) is 5.42. The zero-order valence-electron chi connectivity index (χ0n) is 13.8. The van der Waals surface area contributed by atoms with Gasteiger partial charge in [-0.2, -0.15) is 0 Å². The van der Waals surface area contributed by atoms with Crippen LogP contribution in [0.1, 0.15) is 71.6 Å². The van der Waals surface area contributed by atoms with E-state index in [1.807, 2.05) is 0 Å². The van der Waals surface area contributed by atoms with E-state index in [0.717, 1.165) is 55.4 Å². The van der Waals surface area contributed by atoms with Crippen LogP contribution in [0.25, 0.3) is 5.57 Å². The van der Waals surface area contributed by atoms with Crippen LogP contribution in [0, 0.1) is 5.41 Å². The maximum absolute atomic E-state index is 12.0. The summed E-state index contributed by atoms with van der Waals surface area (Å²) >= 11 is 5.61. The summed E-state index contributed by atoms with van der Waals surface area (Å²) in [5, 5.41) is 9.87. The molecule has 0 saturated heterocycles. The SMILES string of the molecule is CC1(C)CCc2sc(C3=C(COS)CCCC3)c(C(=O)O)c2C1. The lowest BCUT2D eigenvalue weighted by atomic mass is 9.75. The van der Waals surface area contributed by atoms with Gasteiger partial charge in [0.2, 0.25) is 0 Å². The Morgan fingerprint density at radius 3 is 2.74 bits per heavy atom. The molecule has 1 aromatic rings. The van der Waals surface area contributed by atoms with Crippen molar-refractivity contribution >= 4 is 35.8 Å². The largest absolute Gasteiger partial charge is 0.478 e. The van der Waals surface area contributed by atoms with E-state index >= 15 is 0 Å². The Morgan fingerprint density at radius 2 is 2.04 bits per heavy atom. The molecule has 5 heteroatoms. The van der Waals surface area contributed by atoms with Crippen molar-refractivity contribution in [3.8, 4) is 0 Å². The lowest BCUT2D eigenvalue weighted by Gasteiger charge is -2.29. The van der Waals surface area contributed by atoms with Gasteiger partial charge in [0.05, 0.1) is 12.2 Å². The molecular weight excluding hydrogens is 328 g/mol. The summed E-state index contributed by atoms with van der Waals surface area (Å²) in [6, 6.07) is 0. The topological polar surface area (TPSA) is 46.5 Å². The number of hydrogen-bond donors (Lipinski definition) is 2. The number of aromatic carboxylic acids is 1. The summed E-state index contributed by atoms with van der Waals surface area (Å²) < 4.78 is 5.06. The highest BCUT2D eigenvalue weighted by atomic mass is 32.1. The van der Waals surface area contributed by atoms with Gasteiger partial charge >= 0.3 is 5.97 Å². The van der Waals surface area contributed by atoms with Crippen LogP contribution in [-0.2, 0) is 17.0 Å². The normalized spacial score (nSPS) is 20.5. The second-order valence-electron chi connectivity index (χ2n) is 7.42. The summed E-state index contributed by atoms with van der Waals surface area (Å²) in [6.07, 6.45) is 7.21. The van der Waals surface area contributed by atoms with Gasteiger partial charge in [-0.05, 0) is 80.0 Å². The molecule has 2 aliphatic rings. The molecule has 0 spiro atoms. The van der Waals surface area contributed by atoms with Gasteiger partial charge in [-0.25, -0.2) is 4.79 Å².